The summed E-state index contributed by atoms with van der Waals surface area (Å²) in [6.45, 7) is 11.1. The van der Waals surface area contributed by atoms with E-state index in [2.05, 4.69) is 0 Å². The lowest BCUT2D eigenvalue weighted by atomic mass is 9.67. The van der Waals surface area contributed by atoms with Gasteiger partial charge in [-0.1, -0.05) is 41.5 Å². The van der Waals surface area contributed by atoms with Gasteiger partial charge in [0.2, 0.25) is 0 Å². The molecular weight excluding hydrogens is 271 g/mol. The van der Waals surface area contributed by atoms with Crippen LogP contribution in [0.25, 0.3) is 0 Å². The highest BCUT2D eigenvalue weighted by Gasteiger charge is 2.57. The van der Waals surface area contributed by atoms with Crippen LogP contribution in [0.1, 0.15) is 41.5 Å². The molecule has 2 atom stereocenters. The van der Waals surface area contributed by atoms with Gasteiger partial charge in [0.25, 0.3) is 0 Å². The van der Waals surface area contributed by atoms with Gasteiger partial charge in [-0.05, 0) is 16.9 Å². The summed E-state index contributed by atoms with van der Waals surface area (Å²) in [6, 6.07) is 0. The molecule has 0 heterocycles. The average molecular weight is 291 g/mol. The van der Waals surface area contributed by atoms with Crippen molar-refractivity contribution >= 4 is 34.8 Å². The Morgan fingerprint density at radius 3 is 1.89 bits per heavy atom. The maximum absolute atomic E-state index is 12.3. The standard InChI is InChI=1S/C14H20Cl2O2/c1-12(2,3)8-7-9(17)14(16,13(4,5)6)11(15)10(8)18/h7,11H,1-6H3/t11-,14-/m1/s1. The van der Waals surface area contributed by atoms with E-state index >= 15 is 0 Å². The molecule has 0 aliphatic heterocycles. The molecule has 0 amide bonds. The van der Waals surface area contributed by atoms with Crippen LogP contribution in [-0.2, 0) is 9.59 Å². The number of carbonyl (C=O) groups excluding carboxylic acids is 2. The molecule has 4 heteroatoms. The Balaban J connectivity index is 3.42. The third-order valence-electron chi connectivity index (χ3n) is 3.38. The molecular formula is C14H20Cl2O2. The number of allylic oxidation sites excluding steroid dienone is 2. The summed E-state index contributed by atoms with van der Waals surface area (Å²) in [5, 5.41) is -1.02. The molecule has 18 heavy (non-hydrogen) atoms. The van der Waals surface area contributed by atoms with Crippen LogP contribution in [0.2, 0.25) is 0 Å². The van der Waals surface area contributed by atoms with Gasteiger partial charge in [0, 0.05) is 5.57 Å². The Hall–Kier alpha value is -0.340. The summed E-state index contributed by atoms with van der Waals surface area (Å²) >= 11 is 12.6. The predicted molar refractivity (Wildman–Crippen MR) is 75.2 cm³/mol. The van der Waals surface area contributed by atoms with Crippen LogP contribution in [0.5, 0.6) is 0 Å². The van der Waals surface area contributed by atoms with E-state index in [0.29, 0.717) is 5.57 Å². The van der Waals surface area contributed by atoms with Crippen molar-refractivity contribution in [3.05, 3.63) is 11.6 Å². The van der Waals surface area contributed by atoms with Gasteiger partial charge in [-0.2, -0.15) is 0 Å². The van der Waals surface area contributed by atoms with Crippen LogP contribution in [-0.4, -0.2) is 21.8 Å². The number of hydrogen-bond donors (Lipinski definition) is 0. The highest BCUT2D eigenvalue weighted by atomic mass is 35.5. The van der Waals surface area contributed by atoms with Gasteiger partial charge in [0.15, 0.2) is 11.6 Å². The topological polar surface area (TPSA) is 34.1 Å². The molecule has 0 N–H and O–H groups in total. The normalized spacial score (nSPS) is 30.4. The van der Waals surface area contributed by atoms with E-state index < -0.39 is 21.1 Å². The number of halogens is 2. The van der Waals surface area contributed by atoms with Gasteiger partial charge in [-0.15, -0.1) is 23.2 Å². The Morgan fingerprint density at radius 1 is 1.11 bits per heavy atom. The van der Waals surface area contributed by atoms with Crippen molar-refractivity contribution in [2.24, 2.45) is 10.8 Å². The van der Waals surface area contributed by atoms with Gasteiger partial charge in [0.05, 0.1) is 0 Å². The monoisotopic (exact) mass is 290 g/mol. The lowest BCUT2D eigenvalue weighted by Crippen LogP contribution is -2.57. The zero-order valence-electron chi connectivity index (χ0n) is 11.7. The number of Topliss-reactive ketones (excluding diaryl/α,β-unsaturated/α-hetero) is 1. The molecule has 0 spiro atoms. The molecule has 0 aromatic heterocycles. The maximum Gasteiger partial charge on any atom is 0.179 e. The highest BCUT2D eigenvalue weighted by Crippen LogP contribution is 2.47. The Kier molecular flexibility index (Phi) is 3.79. The highest BCUT2D eigenvalue weighted by molar-refractivity contribution is 6.50. The lowest BCUT2D eigenvalue weighted by Gasteiger charge is -2.43. The third kappa shape index (κ3) is 2.25. The Morgan fingerprint density at radius 2 is 1.56 bits per heavy atom. The quantitative estimate of drug-likeness (QED) is 0.637. The van der Waals surface area contributed by atoms with Gasteiger partial charge in [0.1, 0.15) is 10.3 Å². The van der Waals surface area contributed by atoms with Gasteiger partial charge in [-0.25, -0.2) is 0 Å². The molecule has 0 bridgehead atoms. The van der Waals surface area contributed by atoms with E-state index in [1.165, 1.54) is 6.08 Å². The minimum atomic E-state index is -1.37. The molecule has 0 saturated heterocycles. The summed E-state index contributed by atoms with van der Waals surface area (Å²) in [6.07, 6.45) is 1.37. The molecule has 1 aliphatic rings. The second kappa shape index (κ2) is 4.35. The molecule has 0 unspecified atom stereocenters. The van der Waals surface area contributed by atoms with E-state index in [4.69, 9.17) is 23.2 Å². The van der Waals surface area contributed by atoms with E-state index in [1.54, 1.807) is 0 Å². The predicted octanol–water partition coefficient (Wildman–Crippen LogP) is 3.74. The first kappa shape index (κ1) is 15.7. The van der Waals surface area contributed by atoms with Crippen LogP contribution in [0.15, 0.2) is 11.6 Å². The lowest BCUT2D eigenvalue weighted by molar-refractivity contribution is -0.127. The number of carbonyl (C=O) groups is 2. The maximum atomic E-state index is 12.3. The molecule has 102 valence electrons. The molecule has 0 aromatic rings. The molecule has 1 aliphatic carbocycles. The van der Waals surface area contributed by atoms with Gasteiger partial charge < -0.3 is 0 Å². The number of rotatable bonds is 0. The van der Waals surface area contributed by atoms with E-state index in [-0.39, 0.29) is 11.6 Å². The summed E-state index contributed by atoms with van der Waals surface area (Å²) in [4.78, 5) is 23.3. The average Bonchev–Trinajstić information content (AvgIpc) is 2.16. The first-order valence-electron chi connectivity index (χ1n) is 5.97. The van der Waals surface area contributed by atoms with Crippen molar-refractivity contribution < 1.29 is 9.59 Å². The molecule has 0 aromatic carbocycles. The summed E-state index contributed by atoms with van der Waals surface area (Å²) in [5.74, 6) is -0.519. The minimum Gasteiger partial charge on any atom is -0.293 e. The van der Waals surface area contributed by atoms with E-state index in [1.807, 2.05) is 41.5 Å². The van der Waals surface area contributed by atoms with Crippen LogP contribution < -0.4 is 0 Å². The van der Waals surface area contributed by atoms with Crippen molar-refractivity contribution in [3.63, 3.8) is 0 Å². The first-order valence-corrected chi connectivity index (χ1v) is 6.78. The van der Waals surface area contributed by atoms with Crippen LogP contribution in [0.4, 0.5) is 0 Å². The summed E-state index contributed by atoms with van der Waals surface area (Å²) in [7, 11) is 0. The molecule has 0 radical (unpaired) electrons. The van der Waals surface area contributed by atoms with Gasteiger partial charge in [-0.3, -0.25) is 9.59 Å². The zero-order chi connectivity index (χ0) is 14.5. The fraction of sp³-hybridized carbons (Fsp3) is 0.714. The minimum absolute atomic E-state index is 0.242. The van der Waals surface area contributed by atoms with E-state index in [0.717, 1.165) is 0 Å². The second-order valence-corrected chi connectivity index (χ2v) is 7.89. The summed E-state index contributed by atoms with van der Waals surface area (Å²) < 4.78 is 0. The van der Waals surface area contributed by atoms with Gasteiger partial charge >= 0.3 is 0 Å². The fourth-order valence-electron chi connectivity index (χ4n) is 2.09. The number of alkyl halides is 2. The molecule has 1 rings (SSSR count). The van der Waals surface area contributed by atoms with Crippen LogP contribution >= 0.6 is 23.2 Å². The van der Waals surface area contributed by atoms with Crippen molar-refractivity contribution in [3.8, 4) is 0 Å². The van der Waals surface area contributed by atoms with Crippen LogP contribution in [0, 0.1) is 10.8 Å². The zero-order valence-corrected chi connectivity index (χ0v) is 13.2. The first-order chi connectivity index (χ1) is 7.83. The largest absolute Gasteiger partial charge is 0.293 e. The Labute approximate surface area is 119 Å². The Bertz CT molecular complexity index is 424. The molecule has 0 fully saturated rings. The smallest absolute Gasteiger partial charge is 0.179 e. The fourth-order valence-corrected chi connectivity index (χ4v) is 2.79. The van der Waals surface area contributed by atoms with Crippen molar-refractivity contribution in [2.45, 2.75) is 51.8 Å². The second-order valence-electron chi connectivity index (χ2n) is 6.86. The third-order valence-corrected chi connectivity index (χ3v) is 4.99. The SMILES string of the molecule is CC(C)(C)C1=CC(=O)[C@](Cl)(C(C)(C)C)[C@H](Cl)C1=O. The number of hydrogen-bond acceptors (Lipinski definition) is 2. The number of ketones is 2. The van der Waals surface area contributed by atoms with Crippen molar-refractivity contribution in [1.82, 2.24) is 0 Å². The summed E-state index contributed by atoms with van der Waals surface area (Å²) in [5.41, 5.74) is -0.545. The van der Waals surface area contributed by atoms with Crippen molar-refractivity contribution in [1.29, 1.82) is 0 Å². The van der Waals surface area contributed by atoms with Crippen LogP contribution in [0.3, 0.4) is 0 Å². The molecule has 2 nitrogen and oxygen atoms in total. The van der Waals surface area contributed by atoms with Crippen molar-refractivity contribution in [2.75, 3.05) is 0 Å². The molecule has 0 saturated carbocycles. The van der Waals surface area contributed by atoms with E-state index in [9.17, 15) is 9.59 Å².